The van der Waals surface area contributed by atoms with Crippen LogP contribution < -0.4 is 14.8 Å². The Morgan fingerprint density at radius 2 is 1.83 bits per heavy atom. The minimum Gasteiger partial charge on any atom is -0.493 e. The maximum Gasteiger partial charge on any atom is 0.418 e. The Balaban J connectivity index is 1.90. The number of nitrogens with one attached hydrogen (secondary N) is 1. The van der Waals surface area contributed by atoms with Gasteiger partial charge in [0.2, 0.25) is 0 Å². The number of aromatic nitrogens is 2. The van der Waals surface area contributed by atoms with Gasteiger partial charge in [-0.2, -0.15) is 18.3 Å². The molecule has 0 fully saturated rings. The van der Waals surface area contributed by atoms with Crippen molar-refractivity contribution in [1.29, 1.82) is 0 Å². The number of anilines is 1. The lowest BCUT2D eigenvalue weighted by Gasteiger charge is -2.15. The highest BCUT2D eigenvalue weighted by Crippen LogP contribution is 2.41. The van der Waals surface area contributed by atoms with Gasteiger partial charge in [0.25, 0.3) is 0 Å². The van der Waals surface area contributed by atoms with E-state index < -0.39 is 11.7 Å². The number of nitrogens with zero attached hydrogens (tertiary/aromatic N) is 2. The second-order valence-electron chi connectivity index (χ2n) is 6.49. The molecule has 0 spiro atoms. The number of methoxy groups -OCH3 is 2. The van der Waals surface area contributed by atoms with Crippen LogP contribution in [0.4, 0.5) is 19.0 Å². The quantitative estimate of drug-likeness (QED) is 0.627. The lowest BCUT2D eigenvalue weighted by molar-refractivity contribution is -0.137. The van der Waals surface area contributed by atoms with Gasteiger partial charge in [-0.25, -0.2) is 4.68 Å². The lowest BCUT2D eigenvalue weighted by Crippen LogP contribution is -2.13. The van der Waals surface area contributed by atoms with Crippen molar-refractivity contribution in [3.8, 4) is 28.4 Å². The van der Waals surface area contributed by atoms with Crippen molar-refractivity contribution in [2.45, 2.75) is 12.6 Å². The highest BCUT2D eigenvalue weighted by Gasteiger charge is 2.36. The van der Waals surface area contributed by atoms with Gasteiger partial charge in [0.05, 0.1) is 31.2 Å². The maximum atomic E-state index is 13.6. The molecule has 2 aromatic carbocycles. The number of alkyl halides is 3. The van der Waals surface area contributed by atoms with Crippen molar-refractivity contribution in [2.24, 2.45) is 0 Å². The summed E-state index contributed by atoms with van der Waals surface area (Å²) in [5.74, 6) is 1.62. The monoisotopic (exact) mass is 423 g/mol. The van der Waals surface area contributed by atoms with Crippen LogP contribution in [0.5, 0.6) is 11.5 Å². The molecule has 5 nitrogen and oxygen atoms in total. The molecule has 3 aromatic rings. The van der Waals surface area contributed by atoms with Gasteiger partial charge in [0, 0.05) is 22.7 Å². The Bertz CT molecular complexity index is 1080. The van der Waals surface area contributed by atoms with E-state index in [0.717, 1.165) is 17.2 Å². The minimum absolute atomic E-state index is 0.0120. The molecule has 1 N–H and O–H groups in total. The van der Waals surface area contributed by atoms with Gasteiger partial charge in [-0.1, -0.05) is 11.6 Å². The predicted molar refractivity (Wildman–Crippen MR) is 104 cm³/mol. The SMILES string of the molecule is COc1ccc(-c2nn(-c3ccc(Cl)cc3C(F)(F)F)c3c2CCN3)cc1OC. The van der Waals surface area contributed by atoms with Crippen LogP contribution in [-0.4, -0.2) is 30.5 Å². The Kier molecular flexibility index (Phi) is 4.82. The molecule has 9 heteroatoms. The van der Waals surface area contributed by atoms with Crippen LogP contribution in [0.2, 0.25) is 5.02 Å². The summed E-state index contributed by atoms with van der Waals surface area (Å²) in [4.78, 5) is 0. The predicted octanol–water partition coefficient (Wildman–Crippen LogP) is 5.20. The molecule has 1 aliphatic rings. The molecular weight excluding hydrogens is 407 g/mol. The van der Waals surface area contributed by atoms with Crippen molar-refractivity contribution in [2.75, 3.05) is 26.1 Å². The highest BCUT2D eigenvalue weighted by molar-refractivity contribution is 6.30. The van der Waals surface area contributed by atoms with Gasteiger partial charge in [0.1, 0.15) is 5.82 Å². The fourth-order valence-electron chi connectivity index (χ4n) is 3.48. The highest BCUT2D eigenvalue weighted by atomic mass is 35.5. The van der Waals surface area contributed by atoms with Crippen LogP contribution in [0.3, 0.4) is 0 Å². The Labute approximate surface area is 170 Å². The molecular formula is C20H17ClF3N3O2. The largest absolute Gasteiger partial charge is 0.493 e. The second-order valence-corrected chi connectivity index (χ2v) is 6.93. The van der Waals surface area contributed by atoms with E-state index in [2.05, 4.69) is 10.4 Å². The average Bonchev–Trinajstić information content (AvgIpc) is 3.29. The summed E-state index contributed by atoms with van der Waals surface area (Å²) < 4.78 is 52.8. The van der Waals surface area contributed by atoms with Crippen LogP contribution in [0.25, 0.3) is 16.9 Å². The summed E-state index contributed by atoms with van der Waals surface area (Å²) in [6.07, 6.45) is -3.92. The fraction of sp³-hybridized carbons (Fsp3) is 0.250. The summed E-state index contributed by atoms with van der Waals surface area (Å²) in [6.45, 7) is 0.614. The smallest absolute Gasteiger partial charge is 0.418 e. The first kappa shape index (κ1) is 19.4. The topological polar surface area (TPSA) is 48.3 Å². The third-order valence-electron chi connectivity index (χ3n) is 4.80. The summed E-state index contributed by atoms with van der Waals surface area (Å²) in [6, 6.07) is 8.97. The van der Waals surface area contributed by atoms with Gasteiger partial charge >= 0.3 is 6.18 Å². The molecule has 0 saturated carbocycles. The molecule has 0 unspecified atom stereocenters. The van der Waals surface area contributed by atoms with Crippen LogP contribution in [0.1, 0.15) is 11.1 Å². The summed E-state index contributed by atoms with van der Waals surface area (Å²) >= 11 is 5.82. The zero-order valence-corrected chi connectivity index (χ0v) is 16.4. The third kappa shape index (κ3) is 3.37. The standard InChI is InChI=1S/C20H17ClF3N3O2/c1-28-16-6-3-11(9-17(16)29-2)18-13-7-8-25-19(13)27(26-18)15-5-4-12(21)10-14(15)20(22,23)24/h3-6,9-10,25H,7-8H2,1-2H3. The van der Waals surface area contributed by atoms with Gasteiger partial charge in [-0.3, -0.25) is 0 Å². The molecule has 1 aliphatic heterocycles. The maximum absolute atomic E-state index is 13.6. The molecule has 1 aromatic heterocycles. The van der Waals surface area contributed by atoms with Crippen molar-refractivity contribution in [3.63, 3.8) is 0 Å². The molecule has 0 amide bonds. The number of ether oxygens (including phenoxy) is 2. The molecule has 0 atom stereocenters. The molecule has 29 heavy (non-hydrogen) atoms. The fourth-order valence-corrected chi connectivity index (χ4v) is 3.66. The van der Waals surface area contributed by atoms with Gasteiger partial charge in [-0.15, -0.1) is 0 Å². The van der Waals surface area contributed by atoms with E-state index in [9.17, 15) is 13.2 Å². The zero-order chi connectivity index (χ0) is 20.8. The van der Waals surface area contributed by atoms with Crippen molar-refractivity contribution in [3.05, 3.63) is 52.5 Å². The Hall–Kier alpha value is -2.87. The molecule has 2 heterocycles. The number of fused-ring (bicyclic) bond motifs is 1. The van der Waals surface area contributed by atoms with E-state index in [1.165, 1.54) is 31.0 Å². The van der Waals surface area contributed by atoms with Gasteiger partial charge in [0.15, 0.2) is 11.5 Å². The summed E-state index contributed by atoms with van der Waals surface area (Å²) in [5, 5.41) is 7.68. The van der Waals surface area contributed by atoms with Gasteiger partial charge < -0.3 is 14.8 Å². The molecule has 0 aliphatic carbocycles. The van der Waals surface area contributed by atoms with Crippen molar-refractivity contribution in [1.82, 2.24) is 9.78 Å². The molecule has 0 radical (unpaired) electrons. The number of halogens is 4. The molecule has 0 saturated heterocycles. The van der Waals surface area contributed by atoms with Crippen LogP contribution in [-0.2, 0) is 12.6 Å². The number of hydrogen-bond acceptors (Lipinski definition) is 4. The van der Waals surface area contributed by atoms with Crippen LogP contribution >= 0.6 is 11.6 Å². The first-order valence-electron chi connectivity index (χ1n) is 8.78. The average molecular weight is 424 g/mol. The van der Waals surface area contributed by atoms with E-state index in [1.54, 1.807) is 18.2 Å². The van der Waals surface area contributed by atoms with E-state index in [-0.39, 0.29) is 10.7 Å². The first-order valence-corrected chi connectivity index (χ1v) is 9.16. The Morgan fingerprint density at radius 1 is 1.07 bits per heavy atom. The van der Waals surface area contributed by atoms with E-state index in [0.29, 0.717) is 36.0 Å². The minimum atomic E-state index is -4.57. The number of rotatable bonds is 4. The van der Waals surface area contributed by atoms with E-state index >= 15 is 0 Å². The number of hydrogen-bond donors (Lipinski definition) is 1. The van der Waals surface area contributed by atoms with Crippen molar-refractivity contribution < 1.29 is 22.6 Å². The van der Waals surface area contributed by atoms with Crippen molar-refractivity contribution >= 4 is 17.4 Å². The molecule has 152 valence electrons. The third-order valence-corrected chi connectivity index (χ3v) is 5.04. The van der Waals surface area contributed by atoms with E-state index in [4.69, 9.17) is 21.1 Å². The van der Waals surface area contributed by atoms with Crippen LogP contribution in [0.15, 0.2) is 36.4 Å². The summed E-state index contributed by atoms with van der Waals surface area (Å²) in [5.41, 5.74) is 1.24. The first-order chi connectivity index (χ1) is 13.8. The van der Waals surface area contributed by atoms with E-state index in [1.807, 2.05) is 0 Å². The lowest BCUT2D eigenvalue weighted by atomic mass is 10.1. The second kappa shape index (κ2) is 7.18. The number of benzene rings is 2. The molecule has 0 bridgehead atoms. The molecule has 4 rings (SSSR count). The Morgan fingerprint density at radius 3 is 2.52 bits per heavy atom. The normalized spacial score (nSPS) is 13.2. The van der Waals surface area contributed by atoms with Crippen LogP contribution in [0, 0.1) is 0 Å². The van der Waals surface area contributed by atoms with Gasteiger partial charge in [-0.05, 0) is 42.8 Å². The summed E-state index contributed by atoms with van der Waals surface area (Å²) in [7, 11) is 3.06. The zero-order valence-electron chi connectivity index (χ0n) is 15.6.